The Morgan fingerprint density at radius 1 is 1.22 bits per heavy atom. The Morgan fingerprint density at radius 3 is 2.59 bits per heavy atom. The zero-order valence-electron chi connectivity index (χ0n) is 14.5. The number of carbonyl (C=O) groups excluding carboxylic acids is 2. The van der Waals surface area contributed by atoms with Crippen LogP contribution in [0.15, 0.2) is 47.4 Å². The van der Waals surface area contributed by atoms with E-state index in [1.165, 1.54) is 48.2 Å². The van der Waals surface area contributed by atoms with Gasteiger partial charge in [-0.05, 0) is 48.0 Å². The van der Waals surface area contributed by atoms with Crippen LogP contribution < -0.4 is 14.9 Å². The third-order valence-corrected chi connectivity index (χ3v) is 5.62. The summed E-state index contributed by atoms with van der Waals surface area (Å²) in [6.07, 6.45) is 0.140. The predicted molar refractivity (Wildman–Crippen MR) is 98.4 cm³/mol. The minimum absolute atomic E-state index is 0.0203. The third-order valence-electron chi connectivity index (χ3n) is 4.16. The van der Waals surface area contributed by atoms with Gasteiger partial charge in [0, 0.05) is 31.4 Å². The Morgan fingerprint density at radius 2 is 1.93 bits per heavy atom. The van der Waals surface area contributed by atoms with Crippen molar-refractivity contribution < 1.29 is 22.4 Å². The van der Waals surface area contributed by atoms with Crippen molar-refractivity contribution in [3.05, 3.63) is 53.8 Å². The molecule has 1 aliphatic rings. The number of hydrogen-bond acceptors (Lipinski definition) is 4. The fourth-order valence-corrected chi connectivity index (χ4v) is 3.91. The highest BCUT2D eigenvalue weighted by atomic mass is 32.2. The molecule has 0 radical (unpaired) electrons. The number of fused-ring (bicyclic) bond motifs is 1. The van der Waals surface area contributed by atoms with E-state index < -0.39 is 15.8 Å². The lowest BCUT2D eigenvalue weighted by molar-refractivity contribution is -0.116. The van der Waals surface area contributed by atoms with E-state index >= 15 is 0 Å². The number of benzene rings is 2. The Bertz CT molecular complexity index is 990. The van der Waals surface area contributed by atoms with Gasteiger partial charge in [0.2, 0.25) is 21.8 Å². The Kier molecular flexibility index (Phi) is 5.24. The van der Waals surface area contributed by atoms with Gasteiger partial charge in [-0.15, -0.1) is 0 Å². The first-order valence-corrected chi connectivity index (χ1v) is 9.71. The number of carbonyl (C=O) groups is 2. The van der Waals surface area contributed by atoms with Gasteiger partial charge in [0.25, 0.3) is 0 Å². The van der Waals surface area contributed by atoms with Crippen LogP contribution in [0.1, 0.15) is 12.5 Å². The predicted octanol–water partition coefficient (Wildman–Crippen LogP) is 1.65. The summed E-state index contributed by atoms with van der Waals surface area (Å²) in [6.45, 7) is 1.42. The lowest BCUT2D eigenvalue weighted by atomic mass is 10.2. The molecule has 2 aromatic rings. The molecule has 0 saturated heterocycles. The van der Waals surface area contributed by atoms with E-state index in [9.17, 15) is 22.4 Å². The Hall–Kier alpha value is -2.78. The van der Waals surface area contributed by atoms with Crippen LogP contribution in [-0.4, -0.2) is 33.3 Å². The molecule has 0 aliphatic carbocycles. The van der Waals surface area contributed by atoms with Crippen molar-refractivity contribution in [2.75, 3.05) is 23.3 Å². The molecule has 2 N–H and O–H groups in total. The van der Waals surface area contributed by atoms with Gasteiger partial charge < -0.3 is 10.2 Å². The lowest BCUT2D eigenvalue weighted by Crippen LogP contribution is -2.37. The van der Waals surface area contributed by atoms with Gasteiger partial charge in [0.05, 0.1) is 11.3 Å². The molecule has 27 heavy (non-hydrogen) atoms. The maximum absolute atomic E-state index is 13.0. The van der Waals surface area contributed by atoms with Crippen LogP contribution in [0, 0.1) is 5.82 Å². The molecule has 7 nitrogen and oxygen atoms in total. The highest BCUT2D eigenvalue weighted by molar-refractivity contribution is 7.89. The standard InChI is InChI=1S/C18H18FN3O4S/c1-12(23)22(15-4-2-14(19)3-5-15)9-8-20-27(25,26)16-6-7-17-13(10-16)11-18(24)21-17/h2-7,10,20H,8-9,11H2,1H3,(H,21,24). The number of anilines is 2. The van der Waals surface area contributed by atoms with E-state index in [1.807, 2.05) is 0 Å². The first-order chi connectivity index (χ1) is 12.8. The van der Waals surface area contributed by atoms with E-state index in [0.717, 1.165) is 0 Å². The van der Waals surface area contributed by atoms with Crippen molar-refractivity contribution in [3.8, 4) is 0 Å². The van der Waals surface area contributed by atoms with Crippen LogP contribution in [0.25, 0.3) is 0 Å². The summed E-state index contributed by atoms with van der Waals surface area (Å²) in [4.78, 5) is 24.6. The monoisotopic (exact) mass is 391 g/mol. The summed E-state index contributed by atoms with van der Waals surface area (Å²) < 4.78 is 40.4. The summed E-state index contributed by atoms with van der Waals surface area (Å²) >= 11 is 0. The summed E-state index contributed by atoms with van der Waals surface area (Å²) in [7, 11) is -3.80. The number of nitrogens with one attached hydrogen (secondary N) is 2. The molecule has 2 aromatic carbocycles. The van der Waals surface area contributed by atoms with E-state index in [0.29, 0.717) is 16.9 Å². The summed E-state index contributed by atoms with van der Waals surface area (Å²) in [6, 6.07) is 9.79. The molecule has 0 aromatic heterocycles. The van der Waals surface area contributed by atoms with Gasteiger partial charge in [0.15, 0.2) is 0 Å². The highest BCUT2D eigenvalue weighted by Crippen LogP contribution is 2.25. The smallest absolute Gasteiger partial charge is 0.240 e. The lowest BCUT2D eigenvalue weighted by Gasteiger charge is -2.21. The first kappa shape index (κ1) is 19.0. The maximum atomic E-state index is 13.0. The average Bonchev–Trinajstić information content (AvgIpc) is 2.98. The largest absolute Gasteiger partial charge is 0.326 e. The van der Waals surface area contributed by atoms with Crippen molar-refractivity contribution in [2.24, 2.45) is 0 Å². The van der Waals surface area contributed by atoms with Crippen molar-refractivity contribution in [1.82, 2.24) is 4.72 Å². The van der Waals surface area contributed by atoms with Gasteiger partial charge in [-0.25, -0.2) is 17.5 Å². The van der Waals surface area contributed by atoms with Crippen molar-refractivity contribution in [3.63, 3.8) is 0 Å². The van der Waals surface area contributed by atoms with E-state index in [4.69, 9.17) is 0 Å². The van der Waals surface area contributed by atoms with Crippen LogP contribution in [0.3, 0.4) is 0 Å². The molecule has 0 unspecified atom stereocenters. The zero-order chi connectivity index (χ0) is 19.6. The molecule has 0 spiro atoms. The second kappa shape index (κ2) is 7.45. The third kappa shape index (κ3) is 4.32. The highest BCUT2D eigenvalue weighted by Gasteiger charge is 2.22. The van der Waals surface area contributed by atoms with Gasteiger partial charge in [0.1, 0.15) is 5.82 Å². The summed E-state index contributed by atoms with van der Waals surface area (Å²) in [5.41, 5.74) is 1.71. The number of hydrogen-bond donors (Lipinski definition) is 2. The normalized spacial score (nSPS) is 13.2. The SMILES string of the molecule is CC(=O)N(CCNS(=O)(=O)c1ccc2c(c1)CC(=O)N2)c1ccc(F)cc1. The summed E-state index contributed by atoms with van der Waals surface area (Å²) in [5.74, 6) is -0.889. The molecular weight excluding hydrogens is 373 g/mol. The van der Waals surface area contributed by atoms with Crippen molar-refractivity contribution >= 4 is 33.2 Å². The molecule has 0 atom stereocenters. The fourth-order valence-electron chi connectivity index (χ4n) is 2.84. The molecule has 142 valence electrons. The fraction of sp³-hybridized carbons (Fsp3) is 0.222. The molecule has 0 bridgehead atoms. The van der Waals surface area contributed by atoms with Crippen LogP contribution in [0.4, 0.5) is 15.8 Å². The minimum atomic E-state index is -3.80. The quantitative estimate of drug-likeness (QED) is 0.783. The molecule has 3 rings (SSSR count). The first-order valence-electron chi connectivity index (χ1n) is 8.22. The van der Waals surface area contributed by atoms with Gasteiger partial charge in [-0.3, -0.25) is 9.59 Å². The number of amides is 2. The number of nitrogens with zero attached hydrogens (tertiary/aromatic N) is 1. The van der Waals surface area contributed by atoms with Crippen LogP contribution in [0.2, 0.25) is 0 Å². The van der Waals surface area contributed by atoms with Gasteiger partial charge in [-0.1, -0.05) is 0 Å². The Balaban J connectivity index is 1.68. The van der Waals surface area contributed by atoms with Crippen molar-refractivity contribution in [1.29, 1.82) is 0 Å². The van der Waals surface area contributed by atoms with E-state index in [1.54, 1.807) is 6.07 Å². The van der Waals surface area contributed by atoms with Gasteiger partial charge >= 0.3 is 0 Å². The molecule has 0 fully saturated rings. The minimum Gasteiger partial charge on any atom is -0.326 e. The second-order valence-corrected chi connectivity index (χ2v) is 7.86. The van der Waals surface area contributed by atoms with Crippen LogP contribution in [0.5, 0.6) is 0 Å². The Labute approximate surface area is 156 Å². The molecule has 9 heteroatoms. The topological polar surface area (TPSA) is 95.6 Å². The molecule has 1 heterocycles. The van der Waals surface area contributed by atoms with E-state index in [-0.39, 0.29) is 36.2 Å². The molecule has 1 aliphatic heterocycles. The average molecular weight is 391 g/mol. The maximum Gasteiger partial charge on any atom is 0.240 e. The summed E-state index contributed by atoms with van der Waals surface area (Å²) in [5, 5.41) is 2.64. The van der Waals surface area contributed by atoms with Crippen LogP contribution in [-0.2, 0) is 26.0 Å². The molecular formula is C18H18FN3O4S. The number of rotatable bonds is 6. The number of sulfonamides is 1. The molecule has 0 saturated carbocycles. The van der Waals surface area contributed by atoms with Crippen molar-refractivity contribution in [2.45, 2.75) is 18.2 Å². The van der Waals surface area contributed by atoms with Gasteiger partial charge in [-0.2, -0.15) is 0 Å². The number of halogens is 1. The molecule has 2 amide bonds. The second-order valence-electron chi connectivity index (χ2n) is 6.09. The zero-order valence-corrected chi connectivity index (χ0v) is 15.3. The van der Waals surface area contributed by atoms with E-state index in [2.05, 4.69) is 10.0 Å². The van der Waals surface area contributed by atoms with Crippen LogP contribution >= 0.6 is 0 Å².